The van der Waals surface area contributed by atoms with Crippen molar-refractivity contribution in [1.29, 1.82) is 0 Å². The average molecular weight is 285 g/mol. The molecule has 2 aliphatic heterocycles. The van der Waals surface area contributed by atoms with Gasteiger partial charge in [0.1, 0.15) is 0 Å². The van der Waals surface area contributed by atoms with Gasteiger partial charge in [0.05, 0.1) is 5.69 Å². The molecular formula is C16H19N3S. The zero-order valence-electron chi connectivity index (χ0n) is 11.6. The third kappa shape index (κ3) is 2.23. The number of rotatable bonds is 2. The van der Waals surface area contributed by atoms with Crippen molar-refractivity contribution in [3.8, 4) is 11.3 Å². The van der Waals surface area contributed by atoms with E-state index in [2.05, 4.69) is 33.8 Å². The summed E-state index contributed by atoms with van der Waals surface area (Å²) in [5.41, 5.74) is 5.33. The van der Waals surface area contributed by atoms with Crippen LogP contribution in [0, 0.1) is 0 Å². The quantitative estimate of drug-likeness (QED) is 0.919. The van der Waals surface area contributed by atoms with E-state index in [1.165, 1.54) is 47.8 Å². The van der Waals surface area contributed by atoms with Gasteiger partial charge in [-0.15, -0.1) is 11.3 Å². The molecule has 4 heteroatoms. The van der Waals surface area contributed by atoms with Crippen LogP contribution < -0.4 is 10.2 Å². The van der Waals surface area contributed by atoms with Crippen molar-refractivity contribution < 1.29 is 0 Å². The second-order valence-electron chi connectivity index (χ2n) is 5.62. The minimum Gasteiger partial charge on any atom is -0.348 e. The van der Waals surface area contributed by atoms with E-state index in [-0.39, 0.29) is 0 Å². The Kier molecular flexibility index (Phi) is 3.20. The molecule has 0 saturated carbocycles. The Labute approximate surface area is 123 Å². The average Bonchev–Trinajstić information content (AvgIpc) is 3.17. The van der Waals surface area contributed by atoms with Gasteiger partial charge in [0.15, 0.2) is 5.13 Å². The number of fused-ring (bicyclic) bond motifs is 1. The van der Waals surface area contributed by atoms with E-state index >= 15 is 0 Å². The fourth-order valence-electron chi connectivity index (χ4n) is 3.09. The first kappa shape index (κ1) is 12.4. The zero-order valence-corrected chi connectivity index (χ0v) is 12.4. The second kappa shape index (κ2) is 5.19. The van der Waals surface area contributed by atoms with Gasteiger partial charge < -0.3 is 10.2 Å². The highest BCUT2D eigenvalue weighted by atomic mass is 32.1. The molecule has 3 heterocycles. The van der Waals surface area contributed by atoms with Gasteiger partial charge in [-0.2, -0.15) is 0 Å². The van der Waals surface area contributed by atoms with Crippen LogP contribution in [-0.2, 0) is 13.0 Å². The minimum absolute atomic E-state index is 1.01. The van der Waals surface area contributed by atoms with E-state index in [0.717, 1.165) is 25.2 Å². The summed E-state index contributed by atoms with van der Waals surface area (Å²) >= 11 is 1.78. The van der Waals surface area contributed by atoms with Crippen LogP contribution in [0.15, 0.2) is 23.6 Å². The van der Waals surface area contributed by atoms with E-state index in [0.29, 0.717) is 0 Å². The lowest BCUT2D eigenvalue weighted by Crippen LogP contribution is -2.23. The summed E-state index contributed by atoms with van der Waals surface area (Å²) in [6.07, 6.45) is 3.74. The first-order valence-electron chi connectivity index (χ1n) is 7.43. The van der Waals surface area contributed by atoms with Gasteiger partial charge in [-0.25, -0.2) is 4.98 Å². The number of hydrogen-bond acceptors (Lipinski definition) is 4. The number of hydrogen-bond donors (Lipinski definition) is 1. The maximum atomic E-state index is 4.84. The number of anilines is 1. The van der Waals surface area contributed by atoms with Crippen molar-refractivity contribution in [2.24, 2.45) is 0 Å². The number of benzene rings is 1. The van der Waals surface area contributed by atoms with Gasteiger partial charge in [-0.1, -0.05) is 12.1 Å². The Bertz CT molecular complexity index is 614. The van der Waals surface area contributed by atoms with Crippen LogP contribution >= 0.6 is 11.3 Å². The molecule has 1 fully saturated rings. The molecule has 0 spiro atoms. The van der Waals surface area contributed by atoms with Crippen LogP contribution in [0.5, 0.6) is 0 Å². The largest absolute Gasteiger partial charge is 0.348 e. The molecule has 1 saturated heterocycles. The molecule has 2 aliphatic rings. The number of aromatic nitrogens is 1. The van der Waals surface area contributed by atoms with Crippen molar-refractivity contribution in [2.45, 2.75) is 25.8 Å². The van der Waals surface area contributed by atoms with Crippen LogP contribution in [0.1, 0.15) is 24.0 Å². The lowest BCUT2D eigenvalue weighted by molar-refractivity contribution is 0.644. The van der Waals surface area contributed by atoms with Crippen molar-refractivity contribution in [3.05, 3.63) is 34.7 Å². The topological polar surface area (TPSA) is 28.2 Å². The molecule has 1 N–H and O–H groups in total. The summed E-state index contributed by atoms with van der Waals surface area (Å²) in [5, 5.41) is 6.82. The van der Waals surface area contributed by atoms with Crippen molar-refractivity contribution in [3.63, 3.8) is 0 Å². The molecular weight excluding hydrogens is 266 g/mol. The summed E-state index contributed by atoms with van der Waals surface area (Å²) in [4.78, 5) is 7.25. The lowest BCUT2D eigenvalue weighted by Gasteiger charge is -2.17. The highest BCUT2D eigenvalue weighted by Crippen LogP contribution is 2.30. The summed E-state index contributed by atoms with van der Waals surface area (Å²) < 4.78 is 0. The molecule has 4 rings (SSSR count). The molecule has 2 aromatic rings. The van der Waals surface area contributed by atoms with Crippen LogP contribution in [0.25, 0.3) is 11.3 Å². The Morgan fingerprint density at radius 3 is 2.95 bits per heavy atom. The van der Waals surface area contributed by atoms with Crippen LogP contribution in [0.3, 0.4) is 0 Å². The molecule has 104 valence electrons. The Morgan fingerprint density at radius 1 is 1.15 bits per heavy atom. The smallest absolute Gasteiger partial charge is 0.185 e. The normalized spacial score (nSPS) is 18.3. The van der Waals surface area contributed by atoms with Gasteiger partial charge in [-0.3, -0.25) is 0 Å². The second-order valence-corrected chi connectivity index (χ2v) is 6.46. The van der Waals surface area contributed by atoms with E-state index in [1.807, 2.05) is 0 Å². The molecule has 0 unspecified atom stereocenters. The van der Waals surface area contributed by atoms with E-state index in [9.17, 15) is 0 Å². The molecule has 0 amide bonds. The van der Waals surface area contributed by atoms with Gasteiger partial charge in [0, 0.05) is 30.6 Å². The SMILES string of the molecule is c1cc2c(cc1-c1csc(N3CCCC3)n1)CCNC2. The van der Waals surface area contributed by atoms with Crippen molar-refractivity contribution >= 4 is 16.5 Å². The summed E-state index contributed by atoms with van der Waals surface area (Å²) in [5.74, 6) is 0. The van der Waals surface area contributed by atoms with Crippen molar-refractivity contribution in [1.82, 2.24) is 10.3 Å². The van der Waals surface area contributed by atoms with Gasteiger partial charge in [-0.05, 0) is 43.0 Å². The van der Waals surface area contributed by atoms with E-state index in [1.54, 1.807) is 11.3 Å². The van der Waals surface area contributed by atoms with Crippen LogP contribution in [0.4, 0.5) is 5.13 Å². The van der Waals surface area contributed by atoms with Crippen molar-refractivity contribution in [2.75, 3.05) is 24.5 Å². The molecule has 0 aliphatic carbocycles. The molecule has 0 bridgehead atoms. The minimum atomic E-state index is 1.01. The molecule has 1 aromatic carbocycles. The molecule has 3 nitrogen and oxygen atoms in total. The Morgan fingerprint density at radius 2 is 2.05 bits per heavy atom. The molecule has 20 heavy (non-hydrogen) atoms. The van der Waals surface area contributed by atoms with Gasteiger partial charge >= 0.3 is 0 Å². The van der Waals surface area contributed by atoms with E-state index in [4.69, 9.17) is 4.98 Å². The third-order valence-corrected chi connectivity index (χ3v) is 5.16. The predicted molar refractivity (Wildman–Crippen MR) is 84.4 cm³/mol. The Hall–Kier alpha value is -1.39. The monoisotopic (exact) mass is 285 g/mol. The first-order valence-corrected chi connectivity index (χ1v) is 8.31. The Balaban J connectivity index is 1.63. The molecule has 1 aromatic heterocycles. The maximum absolute atomic E-state index is 4.84. The summed E-state index contributed by atoms with van der Waals surface area (Å²) in [6.45, 7) is 4.43. The van der Waals surface area contributed by atoms with Crippen LogP contribution in [-0.4, -0.2) is 24.6 Å². The van der Waals surface area contributed by atoms with Crippen LogP contribution in [0.2, 0.25) is 0 Å². The van der Waals surface area contributed by atoms with Gasteiger partial charge in [0.2, 0.25) is 0 Å². The fourth-order valence-corrected chi connectivity index (χ4v) is 3.98. The zero-order chi connectivity index (χ0) is 13.4. The van der Waals surface area contributed by atoms with E-state index < -0.39 is 0 Å². The lowest BCUT2D eigenvalue weighted by atomic mass is 9.98. The van der Waals surface area contributed by atoms with Gasteiger partial charge in [0.25, 0.3) is 0 Å². The summed E-state index contributed by atoms with van der Waals surface area (Å²) in [7, 11) is 0. The summed E-state index contributed by atoms with van der Waals surface area (Å²) in [6, 6.07) is 6.80. The first-order chi connectivity index (χ1) is 9.90. The standard InChI is InChI=1S/C16H19N3S/c1-2-8-19(7-1)16-18-15(11-20-16)13-3-4-14-10-17-6-5-12(14)9-13/h3-4,9,11,17H,1-2,5-8,10H2. The third-order valence-electron chi connectivity index (χ3n) is 4.26. The highest BCUT2D eigenvalue weighted by molar-refractivity contribution is 7.14. The molecule has 0 atom stereocenters. The maximum Gasteiger partial charge on any atom is 0.185 e. The number of thiazole rings is 1. The highest BCUT2D eigenvalue weighted by Gasteiger charge is 2.17. The number of nitrogens with one attached hydrogen (secondary N) is 1. The number of nitrogens with zero attached hydrogens (tertiary/aromatic N) is 2. The fraction of sp³-hybridized carbons (Fsp3) is 0.438. The predicted octanol–water partition coefficient (Wildman–Crippen LogP) is 3.06. The molecule has 0 radical (unpaired) electrons.